The topological polar surface area (TPSA) is 54.9 Å². The van der Waals surface area contributed by atoms with Gasteiger partial charge in [-0.1, -0.05) is 13.3 Å². The van der Waals surface area contributed by atoms with E-state index < -0.39 is 0 Å². The van der Waals surface area contributed by atoms with Gasteiger partial charge in [-0.2, -0.15) is 0 Å². The van der Waals surface area contributed by atoms with E-state index in [4.69, 9.17) is 9.47 Å². The van der Waals surface area contributed by atoms with E-state index in [0.717, 1.165) is 32.1 Å². The van der Waals surface area contributed by atoms with Gasteiger partial charge in [-0.3, -0.25) is 4.99 Å². The zero-order valence-electron chi connectivity index (χ0n) is 14.4. The van der Waals surface area contributed by atoms with E-state index in [1.54, 1.807) is 18.4 Å². The maximum Gasteiger partial charge on any atom is 0.191 e. The maximum atomic E-state index is 5.51. The standard InChI is InChI=1S/C16H29N3O2S.HI/c1-4-5-8-20-10-11-21-9-7-18-16(17-3)19-13-15-14(2)6-12-22-15;/h6,12H,4-5,7-11,13H2,1-3H3,(H2,17,18,19);1H. The van der Waals surface area contributed by atoms with E-state index in [-0.39, 0.29) is 24.0 Å². The fourth-order valence-electron chi connectivity index (χ4n) is 1.78. The smallest absolute Gasteiger partial charge is 0.191 e. The van der Waals surface area contributed by atoms with Crippen molar-refractivity contribution in [1.82, 2.24) is 10.6 Å². The number of unbranched alkanes of at least 4 members (excludes halogenated alkanes) is 1. The molecule has 0 amide bonds. The van der Waals surface area contributed by atoms with Gasteiger partial charge in [0.25, 0.3) is 0 Å². The van der Waals surface area contributed by atoms with Gasteiger partial charge in [0.1, 0.15) is 0 Å². The fourth-order valence-corrected chi connectivity index (χ4v) is 2.63. The quantitative estimate of drug-likeness (QED) is 0.233. The molecule has 0 spiro atoms. The molecule has 5 nitrogen and oxygen atoms in total. The molecule has 0 unspecified atom stereocenters. The number of guanidine groups is 1. The van der Waals surface area contributed by atoms with E-state index >= 15 is 0 Å². The molecule has 134 valence electrons. The van der Waals surface area contributed by atoms with Crippen LogP contribution in [0.5, 0.6) is 0 Å². The third-order valence-electron chi connectivity index (χ3n) is 3.16. The van der Waals surface area contributed by atoms with Crippen LogP contribution in [0.25, 0.3) is 0 Å². The van der Waals surface area contributed by atoms with E-state index in [1.165, 1.54) is 16.9 Å². The van der Waals surface area contributed by atoms with Crippen molar-refractivity contribution in [2.75, 3.05) is 40.0 Å². The number of nitrogens with zero attached hydrogens (tertiary/aromatic N) is 1. The van der Waals surface area contributed by atoms with Gasteiger partial charge in [-0.05, 0) is 30.4 Å². The molecule has 2 N–H and O–H groups in total. The predicted molar refractivity (Wildman–Crippen MR) is 109 cm³/mol. The van der Waals surface area contributed by atoms with E-state index in [1.807, 2.05) is 0 Å². The highest BCUT2D eigenvalue weighted by Crippen LogP contribution is 2.14. The summed E-state index contributed by atoms with van der Waals surface area (Å²) in [6, 6.07) is 2.13. The van der Waals surface area contributed by atoms with Crippen LogP contribution in [0.4, 0.5) is 0 Å². The number of ether oxygens (including phenoxy) is 2. The molecule has 0 aliphatic carbocycles. The molecule has 0 aliphatic heterocycles. The summed E-state index contributed by atoms with van der Waals surface area (Å²) in [5, 5.41) is 8.66. The second-order valence-electron chi connectivity index (χ2n) is 4.96. The molecule has 1 rings (SSSR count). The zero-order chi connectivity index (χ0) is 16.0. The number of hydrogen-bond acceptors (Lipinski definition) is 4. The Hall–Kier alpha value is -0.380. The van der Waals surface area contributed by atoms with Gasteiger partial charge in [-0.15, -0.1) is 35.3 Å². The first-order valence-corrected chi connectivity index (χ1v) is 8.78. The van der Waals surface area contributed by atoms with Crippen LogP contribution in [-0.2, 0) is 16.0 Å². The minimum Gasteiger partial charge on any atom is -0.379 e. The van der Waals surface area contributed by atoms with Crippen LogP contribution in [0.3, 0.4) is 0 Å². The number of aliphatic imine (C=N–C) groups is 1. The fraction of sp³-hybridized carbons (Fsp3) is 0.688. The Balaban J connectivity index is 0.00000484. The average Bonchev–Trinajstić information content (AvgIpc) is 2.94. The summed E-state index contributed by atoms with van der Waals surface area (Å²) in [6.07, 6.45) is 2.29. The van der Waals surface area contributed by atoms with Crippen LogP contribution in [-0.4, -0.2) is 46.0 Å². The summed E-state index contributed by atoms with van der Waals surface area (Å²) in [5.41, 5.74) is 1.32. The normalized spacial score (nSPS) is 11.2. The van der Waals surface area contributed by atoms with Crippen molar-refractivity contribution in [2.45, 2.75) is 33.2 Å². The van der Waals surface area contributed by atoms with Gasteiger partial charge in [0.05, 0.1) is 26.4 Å². The first-order valence-electron chi connectivity index (χ1n) is 7.91. The largest absolute Gasteiger partial charge is 0.379 e. The van der Waals surface area contributed by atoms with Crippen molar-refractivity contribution < 1.29 is 9.47 Å². The molecule has 0 saturated carbocycles. The Morgan fingerprint density at radius 2 is 1.91 bits per heavy atom. The Morgan fingerprint density at radius 3 is 2.52 bits per heavy atom. The number of thiophene rings is 1. The van der Waals surface area contributed by atoms with Crippen LogP contribution in [0.1, 0.15) is 30.2 Å². The van der Waals surface area contributed by atoms with Crippen molar-refractivity contribution in [2.24, 2.45) is 4.99 Å². The minimum absolute atomic E-state index is 0. The monoisotopic (exact) mass is 455 g/mol. The van der Waals surface area contributed by atoms with Crippen LogP contribution in [0, 0.1) is 6.92 Å². The van der Waals surface area contributed by atoms with Crippen LogP contribution >= 0.6 is 35.3 Å². The summed E-state index contributed by atoms with van der Waals surface area (Å²) in [4.78, 5) is 5.54. The van der Waals surface area contributed by atoms with Gasteiger partial charge in [0.2, 0.25) is 0 Å². The molecule has 23 heavy (non-hydrogen) atoms. The molecule has 1 heterocycles. The number of nitrogens with one attached hydrogen (secondary N) is 2. The van der Waals surface area contributed by atoms with Crippen molar-refractivity contribution in [3.8, 4) is 0 Å². The highest BCUT2D eigenvalue weighted by molar-refractivity contribution is 14.0. The molecule has 0 saturated heterocycles. The van der Waals surface area contributed by atoms with Gasteiger partial charge in [-0.25, -0.2) is 0 Å². The zero-order valence-corrected chi connectivity index (χ0v) is 17.5. The van der Waals surface area contributed by atoms with Crippen molar-refractivity contribution >= 4 is 41.3 Å². The maximum absolute atomic E-state index is 5.51. The molecule has 0 fully saturated rings. The number of halogens is 1. The highest BCUT2D eigenvalue weighted by atomic mass is 127. The molecular formula is C16H30IN3O2S. The molecule has 0 aromatic carbocycles. The van der Waals surface area contributed by atoms with Gasteiger partial charge in [0.15, 0.2) is 5.96 Å². The van der Waals surface area contributed by atoms with Crippen molar-refractivity contribution in [3.05, 3.63) is 21.9 Å². The summed E-state index contributed by atoms with van der Waals surface area (Å²) >= 11 is 1.76. The molecule has 0 bridgehead atoms. The lowest BCUT2D eigenvalue weighted by molar-refractivity contribution is 0.0487. The highest BCUT2D eigenvalue weighted by Gasteiger charge is 2.01. The van der Waals surface area contributed by atoms with E-state index in [2.05, 4.69) is 40.9 Å². The second-order valence-corrected chi connectivity index (χ2v) is 5.96. The Bertz CT molecular complexity index is 427. The predicted octanol–water partition coefficient (Wildman–Crippen LogP) is 3.17. The van der Waals surface area contributed by atoms with Gasteiger partial charge >= 0.3 is 0 Å². The third kappa shape index (κ3) is 10.9. The third-order valence-corrected chi connectivity index (χ3v) is 4.18. The molecule has 0 atom stereocenters. The Labute approximate surface area is 161 Å². The minimum atomic E-state index is 0. The van der Waals surface area contributed by atoms with Crippen molar-refractivity contribution in [3.63, 3.8) is 0 Å². The average molecular weight is 455 g/mol. The number of hydrogen-bond donors (Lipinski definition) is 2. The van der Waals surface area contributed by atoms with Crippen LogP contribution < -0.4 is 10.6 Å². The van der Waals surface area contributed by atoms with Crippen molar-refractivity contribution in [1.29, 1.82) is 0 Å². The molecule has 1 aromatic heterocycles. The lowest BCUT2D eigenvalue weighted by Gasteiger charge is -2.12. The number of rotatable bonds is 11. The van der Waals surface area contributed by atoms with E-state index in [9.17, 15) is 0 Å². The summed E-state index contributed by atoms with van der Waals surface area (Å²) in [5.74, 6) is 0.801. The first kappa shape index (κ1) is 22.6. The molecule has 0 aliphatic rings. The van der Waals surface area contributed by atoms with Gasteiger partial charge in [0, 0.05) is 25.1 Å². The lowest BCUT2D eigenvalue weighted by atomic mass is 10.3. The van der Waals surface area contributed by atoms with E-state index in [0.29, 0.717) is 19.8 Å². The second kappa shape index (κ2) is 15.2. The Kier molecular flexibility index (Phi) is 14.9. The van der Waals surface area contributed by atoms with Gasteiger partial charge < -0.3 is 20.1 Å². The van der Waals surface area contributed by atoms with Crippen LogP contribution in [0.15, 0.2) is 16.4 Å². The molecule has 1 aromatic rings. The molecule has 0 radical (unpaired) electrons. The summed E-state index contributed by atoms with van der Waals surface area (Å²) < 4.78 is 10.9. The Morgan fingerprint density at radius 1 is 1.17 bits per heavy atom. The molecule has 7 heteroatoms. The number of aryl methyl sites for hydroxylation is 1. The SMILES string of the molecule is CCCCOCCOCCNC(=NC)NCc1sccc1C.I. The first-order chi connectivity index (χ1) is 10.8. The summed E-state index contributed by atoms with van der Waals surface area (Å²) in [7, 11) is 1.78. The van der Waals surface area contributed by atoms with Crippen LogP contribution in [0.2, 0.25) is 0 Å². The molecular weight excluding hydrogens is 425 g/mol. The lowest BCUT2D eigenvalue weighted by Crippen LogP contribution is -2.38. The summed E-state index contributed by atoms with van der Waals surface area (Å²) in [6.45, 7) is 8.61.